The van der Waals surface area contributed by atoms with Crippen LogP contribution in [0.2, 0.25) is 0 Å². The van der Waals surface area contributed by atoms with Crippen molar-refractivity contribution in [3.63, 3.8) is 0 Å². The maximum atomic E-state index is 5.98. The minimum atomic E-state index is 0.268. The Hall–Kier alpha value is -1.73. The lowest BCUT2D eigenvalue weighted by Crippen LogP contribution is -2.47. The van der Waals surface area contributed by atoms with Gasteiger partial charge in [0.05, 0.1) is 36.8 Å². The number of ether oxygens (including phenoxy) is 1. The molecule has 4 heterocycles. The highest BCUT2D eigenvalue weighted by atomic mass is 16.5. The number of rotatable bonds is 4. The van der Waals surface area contributed by atoms with Crippen molar-refractivity contribution in [3.8, 4) is 0 Å². The van der Waals surface area contributed by atoms with Gasteiger partial charge in [-0.2, -0.15) is 5.10 Å². The van der Waals surface area contributed by atoms with Crippen LogP contribution in [-0.2, 0) is 24.4 Å². The van der Waals surface area contributed by atoms with E-state index in [-0.39, 0.29) is 12.1 Å². The molecule has 124 valence electrons. The van der Waals surface area contributed by atoms with Gasteiger partial charge in [0, 0.05) is 37.4 Å². The highest BCUT2D eigenvalue weighted by Gasteiger charge is 2.36. The average Bonchev–Trinajstić information content (AvgIpc) is 3.17. The largest absolute Gasteiger partial charge is 0.370 e. The van der Waals surface area contributed by atoms with Crippen LogP contribution in [0.4, 0.5) is 0 Å². The molecule has 2 atom stereocenters. The van der Waals surface area contributed by atoms with Gasteiger partial charge in [0.2, 0.25) is 0 Å². The molecule has 2 aliphatic heterocycles. The second-order valence-electron chi connectivity index (χ2n) is 6.59. The number of aromatic nitrogens is 5. The van der Waals surface area contributed by atoms with Crippen LogP contribution >= 0.6 is 0 Å². The van der Waals surface area contributed by atoms with Crippen molar-refractivity contribution in [2.24, 2.45) is 0 Å². The number of hydrogen-bond acceptors (Lipinski definition) is 5. The van der Waals surface area contributed by atoms with Crippen LogP contribution < -0.4 is 0 Å². The third kappa shape index (κ3) is 2.68. The Kier molecular flexibility index (Phi) is 3.90. The summed E-state index contributed by atoms with van der Waals surface area (Å²) in [7, 11) is 0. The first-order valence-corrected chi connectivity index (χ1v) is 8.50. The van der Waals surface area contributed by atoms with Crippen molar-refractivity contribution in [2.75, 3.05) is 13.1 Å². The van der Waals surface area contributed by atoms with E-state index in [4.69, 9.17) is 4.74 Å². The second kappa shape index (κ2) is 6.05. The molecule has 23 heavy (non-hydrogen) atoms. The van der Waals surface area contributed by atoms with Crippen LogP contribution in [0.1, 0.15) is 42.8 Å². The van der Waals surface area contributed by atoms with Crippen LogP contribution in [0.3, 0.4) is 0 Å². The first kappa shape index (κ1) is 14.8. The molecule has 0 bridgehead atoms. The zero-order chi connectivity index (χ0) is 15.8. The van der Waals surface area contributed by atoms with Crippen LogP contribution in [0.5, 0.6) is 0 Å². The highest BCUT2D eigenvalue weighted by Crippen LogP contribution is 2.30. The van der Waals surface area contributed by atoms with Crippen molar-refractivity contribution in [2.45, 2.75) is 58.5 Å². The molecule has 0 spiro atoms. The summed E-state index contributed by atoms with van der Waals surface area (Å²) in [5.74, 6) is 0. The van der Waals surface area contributed by atoms with Crippen molar-refractivity contribution in [3.05, 3.63) is 29.3 Å². The molecule has 7 heteroatoms. The third-order valence-electron chi connectivity index (χ3n) is 5.05. The Balaban J connectivity index is 1.48. The summed E-state index contributed by atoms with van der Waals surface area (Å²) >= 11 is 0. The smallest absolute Gasteiger partial charge is 0.0930 e. The van der Waals surface area contributed by atoms with E-state index >= 15 is 0 Å². The zero-order valence-corrected chi connectivity index (χ0v) is 13.9. The van der Waals surface area contributed by atoms with Gasteiger partial charge < -0.3 is 4.74 Å². The van der Waals surface area contributed by atoms with E-state index < -0.39 is 0 Å². The van der Waals surface area contributed by atoms with Crippen molar-refractivity contribution in [1.29, 1.82) is 0 Å². The van der Waals surface area contributed by atoms with Gasteiger partial charge in [0.25, 0.3) is 0 Å². The van der Waals surface area contributed by atoms with E-state index in [2.05, 4.69) is 43.5 Å². The van der Waals surface area contributed by atoms with E-state index in [1.54, 1.807) is 0 Å². The van der Waals surface area contributed by atoms with Gasteiger partial charge in [0.1, 0.15) is 0 Å². The molecule has 0 N–H and O–H groups in total. The maximum absolute atomic E-state index is 5.98. The standard InChI is InChI=1S/C16H24N6O/c1-3-5-21-12(2)13(7-18-21)9-20-6-4-16-15(10-20)22-14(11-23-16)8-17-19-22/h7-8,15-16H,3-6,9-11H2,1-2H3/t15-,16+/m1/s1. The summed E-state index contributed by atoms with van der Waals surface area (Å²) in [6.07, 6.45) is 6.27. The van der Waals surface area contributed by atoms with Gasteiger partial charge in [0.15, 0.2) is 0 Å². The molecule has 0 aliphatic carbocycles. The first-order chi connectivity index (χ1) is 11.3. The summed E-state index contributed by atoms with van der Waals surface area (Å²) in [5, 5.41) is 12.8. The molecule has 2 aromatic rings. The Morgan fingerprint density at radius 2 is 2.26 bits per heavy atom. The fraction of sp³-hybridized carbons (Fsp3) is 0.688. The molecule has 0 unspecified atom stereocenters. The molecule has 0 radical (unpaired) electrons. The number of likely N-dealkylation sites (tertiary alicyclic amines) is 1. The average molecular weight is 316 g/mol. The Morgan fingerprint density at radius 1 is 1.35 bits per heavy atom. The summed E-state index contributed by atoms with van der Waals surface area (Å²) < 4.78 is 10.2. The van der Waals surface area contributed by atoms with E-state index in [1.807, 2.05) is 12.4 Å². The molecular weight excluding hydrogens is 292 g/mol. The molecule has 7 nitrogen and oxygen atoms in total. The van der Waals surface area contributed by atoms with Gasteiger partial charge in [-0.05, 0) is 19.8 Å². The molecule has 2 aromatic heterocycles. The molecule has 0 aromatic carbocycles. The molecule has 0 saturated carbocycles. The van der Waals surface area contributed by atoms with Crippen molar-refractivity contribution < 1.29 is 4.74 Å². The lowest BCUT2D eigenvalue weighted by molar-refractivity contribution is -0.0670. The van der Waals surface area contributed by atoms with E-state index in [0.717, 1.165) is 44.7 Å². The number of aryl methyl sites for hydroxylation is 1. The third-order valence-corrected chi connectivity index (χ3v) is 5.05. The molecule has 4 rings (SSSR count). The summed E-state index contributed by atoms with van der Waals surface area (Å²) in [6.45, 7) is 8.95. The van der Waals surface area contributed by atoms with E-state index in [0.29, 0.717) is 6.61 Å². The van der Waals surface area contributed by atoms with E-state index in [9.17, 15) is 0 Å². The SMILES string of the molecule is CCCn1ncc(CN2CC[C@@H]3OCc4cnnn4[C@@H]3C2)c1C. The number of nitrogens with zero attached hydrogens (tertiary/aromatic N) is 6. The monoisotopic (exact) mass is 316 g/mol. The Bertz CT molecular complexity index is 678. The predicted octanol–water partition coefficient (Wildman–Crippen LogP) is 1.54. The number of piperidine rings is 1. The minimum Gasteiger partial charge on any atom is -0.370 e. The number of hydrogen-bond donors (Lipinski definition) is 0. The molecule has 0 amide bonds. The highest BCUT2D eigenvalue weighted by molar-refractivity contribution is 5.16. The van der Waals surface area contributed by atoms with Crippen molar-refractivity contribution >= 4 is 0 Å². The van der Waals surface area contributed by atoms with Crippen LogP contribution in [0, 0.1) is 6.92 Å². The second-order valence-corrected chi connectivity index (χ2v) is 6.59. The van der Waals surface area contributed by atoms with Crippen LogP contribution in [0.15, 0.2) is 12.4 Å². The minimum absolute atomic E-state index is 0.268. The maximum Gasteiger partial charge on any atom is 0.0930 e. The summed E-state index contributed by atoms with van der Waals surface area (Å²) in [4.78, 5) is 2.49. The fourth-order valence-corrected chi connectivity index (χ4v) is 3.71. The lowest BCUT2D eigenvalue weighted by Gasteiger charge is -2.41. The van der Waals surface area contributed by atoms with E-state index in [1.165, 1.54) is 11.3 Å². The van der Waals surface area contributed by atoms with Gasteiger partial charge >= 0.3 is 0 Å². The van der Waals surface area contributed by atoms with Gasteiger partial charge in [-0.15, -0.1) is 5.10 Å². The van der Waals surface area contributed by atoms with Gasteiger partial charge in [-0.1, -0.05) is 12.1 Å². The quantitative estimate of drug-likeness (QED) is 0.856. The Morgan fingerprint density at radius 3 is 3.13 bits per heavy atom. The summed E-state index contributed by atoms with van der Waals surface area (Å²) in [6, 6.07) is 0.279. The van der Waals surface area contributed by atoms with Gasteiger partial charge in [-0.25, -0.2) is 4.68 Å². The normalized spacial score (nSPS) is 24.4. The zero-order valence-electron chi connectivity index (χ0n) is 13.9. The molecule has 1 fully saturated rings. The van der Waals surface area contributed by atoms with Crippen molar-refractivity contribution in [1.82, 2.24) is 29.7 Å². The van der Waals surface area contributed by atoms with Gasteiger partial charge in [-0.3, -0.25) is 9.58 Å². The number of fused-ring (bicyclic) bond motifs is 3. The molecule has 2 aliphatic rings. The lowest BCUT2D eigenvalue weighted by atomic mass is 10.00. The molecular formula is C16H24N6O. The van der Waals surface area contributed by atoms with Crippen LogP contribution in [-0.4, -0.2) is 48.9 Å². The van der Waals surface area contributed by atoms with Crippen LogP contribution in [0.25, 0.3) is 0 Å². The topological polar surface area (TPSA) is 61.0 Å². The Labute approximate surface area is 136 Å². The first-order valence-electron chi connectivity index (χ1n) is 8.50. The molecule has 1 saturated heterocycles. The summed E-state index contributed by atoms with van der Waals surface area (Å²) in [5.41, 5.74) is 3.70. The fourth-order valence-electron chi connectivity index (χ4n) is 3.71. The predicted molar refractivity (Wildman–Crippen MR) is 84.8 cm³/mol.